The molecule has 0 saturated heterocycles. The molecule has 58 valence electrons. The molecule has 0 spiro atoms. The summed E-state index contributed by atoms with van der Waals surface area (Å²) in [6.07, 6.45) is 3.74. The molecule has 0 aromatic carbocycles. The van der Waals surface area contributed by atoms with Crippen molar-refractivity contribution in [1.82, 2.24) is 9.97 Å². The van der Waals surface area contributed by atoms with Gasteiger partial charge in [-0.05, 0) is 6.42 Å². The van der Waals surface area contributed by atoms with Crippen molar-refractivity contribution >= 4 is 5.91 Å². The minimum absolute atomic E-state index is 0.226. The van der Waals surface area contributed by atoms with Crippen LogP contribution in [0, 0.1) is 0 Å². The smallest absolute Gasteiger partial charge is 0.268 e. The lowest BCUT2D eigenvalue weighted by Gasteiger charge is -1.96. The van der Waals surface area contributed by atoms with Crippen LogP contribution >= 0.6 is 0 Å². The lowest BCUT2D eigenvalue weighted by Crippen LogP contribution is -2.14. The predicted molar refractivity (Wildman–Crippen MR) is 39.9 cm³/mol. The van der Waals surface area contributed by atoms with Crippen LogP contribution in [0.4, 0.5) is 0 Å². The maximum atomic E-state index is 10.6. The average Bonchev–Trinajstić information content (AvgIpc) is 2.05. The van der Waals surface area contributed by atoms with Crippen molar-refractivity contribution < 1.29 is 4.79 Å². The van der Waals surface area contributed by atoms with Gasteiger partial charge in [-0.3, -0.25) is 9.78 Å². The third-order valence-corrected chi connectivity index (χ3v) is 1.30. The topological polar surface area (TPSA) is 68.9 Å². The Labute approximate surface area is 64.5 Å². The van der Waals surface area contributed by atoms with Gasteiger partial charge in [-0.15, -0.1) is 0 Å². The van der Waals surface area contributed by atoms with Crippen molar-refractivity contribution in [2.45, 2.75) is 13.3 Å². The van der Waals surface area contributed by atoms with Gasteiger partial charge >= 0.3 is 0 Å². The minimum Gasteiger partial charge on any atom is -0.364 e. The summed E-state index contributed by atoms with van der Waals surface area (Å²) in [5.41, 5.74) is 6.00. The van der Waals surface area contributed by atoms with Gasteiger partial charge in [0.15, 0.2) is 0 Å². The third-order valence-electron chi connectivity index (χ3n) is 1.30. The lowest BCUT2D eigenvalue weighted by atomic mass is 10.3. The normalized spacial score (nSPS) is 9.55. The molecule has 0 radical (unpaired) electrons. The van der Waals surface area contributed by atoms with E-state index in [1.807, 2.05) is 6.92 Å². The van der Waals surface area contributed by atoms with Gasteiger partial charge in [0.1, 0.15) is 5.69 Å². The maximum absolute atomic E-state index is 10.6. The summed E-state index contributed by atoms with van der Waals surface area (Å²) in [7, 11) is 0. The monoisotopic (exact) mass is 151 g/mol. The molecule has 1 aromatic heterocycles. The summed E-state index contributed by atoms with van der Waals surface area (Å²) in [5, 5.41) is 0. The van der Waals surface area contributed by atoms with Crippen LogP contribution in [0.2, 0.25) is 0 Å². The Hall–Kier alpha value is -1.45. The Morgan fingerprint density at radius 2 is 2.36 bits per heavy atom. The van der Waals surface area contributed by atoms with Crippen LogP contribution in [0.3, 0.4) is 0 Å². The molecular formula is C7H9N3O. The van der Waals surface area contributed by atoms with E-state index in [0.29, 0.717) is 0 Å². The number of carbonyl (C=O) groups is 1. The highest BCUT2D eigenvalue weighted by Crippen LogP contribution is 1.95. The Kier molecular flexibility index (Phi) is 2.15. The molecule has 0 atom stereocenters. The van der Waals surface area contributed by atoms with Gasteiger partial charge in [0, 0.05) is 6.20 Å². The number of nitrogens with zero attached hydrogens (tertiary/aromatic N) is 2. The summed E-state index contributed by atoms with van der Waals surface area (Å²) in [5.74, 6) is -0.534. The number of hydrogen-bond donors (Lipinski definition) is 1. The fourth-order valence-corrected chi connectivity index (χ4v) is 0.695. The number of nitrogens with two attached hydrogens (primary N) is 1. The highest BCUT2D eigenvalue weighted by Gasteiger charge is 2.01. The van der Waals surface area contributed by atoms with E-state index in [1.54, 1.807) is 6.20 Å². The van der Waals surface area contributed by atoms with Gasteiger partial charge in [-0.2, -0.15) is 0 Å². The van der Waals surface area contributed by atoms with Crippen molar-refractivity contribution in [2.75, 3.05) is 0 Å². The Bertz CT molecular complexity index is 272. The molecule has 4 heteroatoms. The van der Waals surface area contributed by atoms with Crippen molar-refractivity contribution in [3.8, 4) is 0 Å². The Balaban J connectivity index is 3.01. The van der Waals surface area contributed by atoms with Crippen molar-refractivity contribution in [1.29, 1.82) is 0 Å². The number of carbonyl (C=O) groups excluding carboxylic acids is 1. The molecule has 0 aliphatic rings. The molecule has 0 unspecified atom stereocenters. The van der Waals surface area contributed by atoms with Crippen LogP contribution < -0.4 is 5.73 Å². The minimum atomic E-state index is -0.534. The molecule has 1 aromatic rings. The molecule has 4 nitrogen and oxygen atoms in total. The zero-order chi connectivity index (χ0) is 8.27. The fraction of sp³-hybridized carbons (Fsp3) is 0.286. The van der Waals surface area contributed by atoms with Crippen LogP contribution in [0.5, 0.6) is 0 Å². The molecule has 0 aliphatic carbocycles. The number of rotatable bonds is 2. The number of amides is 1. The van der Waals surface area contributed by atoms with Gasteiger partial charge in [-0.25, -0.2) is 4.98 Å². The summed E-state index contributed by atoms with van der Waals surface area (Å²) in [4.78, 5) is 18.4. The van der Waals surface area contributed by atoms with E-state index >= 15 is 0 Å². The first-order valence-corrected chi connectivity index (χ1v) is 3.34. The fourth-order valence-electron chi connectivity index (χ4n) is 0.695. The molecule has 0 bridgehead atoms. The number of hydrogen-bond acceptors (Lipinski definition) is 3. The van der Waals surface area contributed by atoms with E-state index in [9.17, 15) is 4.79 Å². The third kappa shape index (κ3) is 1.73. The van der Waals surface area contributed by atoms with E-state index < -0.39 is 5.91 Å². The van der Waals surface area contributed by atoms with Crippen LogP contribution in [-0.4, -0.2) is 15.9 Å². The second kappa shape index (κ2) is 3.09. The number of aryl methyl sites for hydroxylation is 1. The van der Waals surface area contributed by atoms with Crippen molar-refractivity contribution in [3.63, 3.8) is 0 Å². The summed E-state index contributed by atoms with van der Waals surface area (Å²) in [6.45, 7) is 1.94. The largest absolute Gasteiger partial charge is 0.364 e. The van der Waals surface area contributed by atoms with Gasteiger partial charge in [0.2, 0.25) is 0 Å². The van der Waals surface area contributed by atoms with Gasteiger partial charge < -0.3 is 5.73 Å². The molecule has 0 saturated carbocycles. The summed E-state index contributed by atoms with van der Waals surface area (Å²) < 4.78 is 0. The average molecular weight is 151 g/mol. The van der Waals surface area contributed by atoms with Crippen LogP contribution in [0.1, 0.15) is 23.1 Å². The Morgan fingerprint density at radius 1 is 1.64 bits per heavy atom. The van der Waals surface area contributed by atoms with Crippen molar-refractivity contribution in [2.24, 2.45) is 5.73 Å². The predicted octanol–water partition coefficient (Wildman–Crippen LogP) is 0.138. The molecular weight excluding hydrogens is 142 g/mol. The summed E-state index contributed by atoms with van der Waals surface area (Å²) in [6, 6.07) is 0. The quantitative estimate of drug-likeness (QED) is 0.653. The first-order valence-electron chi connectivity index (χ1n) is 3.34. The standard InChI is InChI=1S/C7H9N3O/c1-2-5-3-9-4-6(10-5)7(8)11/h3-4H,2H2,1H3,(H2,8,11). The van der Waals surface area contributed by atoms with Gasteiger partial charge in [0.05, 0.1) is 11.9 Å². The zero-order valence-electron chi connectivity index (χ0n) is 6.24. The summed E-state index contributed by atoms with van der Waals surface area (Å²) >= 11 is 0. The van der Waals surface area contributed by atoms with E-state index in [0.717, 1.165) is 12.1 Å². The van der Waals surface area contributed by atoms with E-state index in [4.69, 9.17) is 5.73 Å². The molecule has 11 heavy (non-hydrogen) atoms. The van der Waals surface area contributed by atoms with Crippen LogP contribution in [0.25, 0.3) is 0 Å². The molecule has 1 rings (SSSR count). The molecule has 1 heterocycles. The first kappa shape index (κ1) is 7.65. The van der Waals surface area contributed by atoms with E-state index in [-0.39, 0.29) is 5.69 Å². The first-order chi connectivity index (χ1) is 5.24. The number of aromatic nitrogens is 2. The van der Waals surface area contributed by atoms with Gasteiger partial charge in [0.25, 0.3) is 5.91 Å². The maximum Gasteiger partial charge on any atom is 0.268 e. The second-order valence-electron chi connectivity index (χ2n) is 2.11. The highest BCUT2D eigenvalue weighted by molar-refractivity contribution is 5.90. The highest BCUT2D eigenvalue weighted by atomic mass is 16.1. The van der Waals surface area contributed by atoms with E-state index in [1.165, 1.54) is 6.20 Å². The molecule has 2 N–H and O–H groups in total. The molecule has 1 amide bonds. The van der Waals surface area contributed by atoms with Crippen molar-refractivity contribution in [3.05, 3.63) is 23.8 Å². The number of primary amides is 1. The SMILES string of the molecule is CCc1cncc(C(N)=O)n1. The lowest BCUT2D eigenvalue weighted by molar-refractivity contribution is 0.0995. The molecule has 0 fully saturated rings. The Morgan fingerprint density at radius 3 is 2.91 bits per heavy atom. The molecule has 0 aliphatic heterocycles. The second-order valence-corrected chi connectivity index (χ2v) is 2.11. The zero-order valence-corrected chi connectivity index (χ0v) is 6.24. The van der Waals surface area contributed by atoms with Crippen LogP contribution in [0.15, 0.2) is 12.4 Å². The van der Waals surface area contributed by atoms with Crippen LogP contribution in [-0.2, 0) is 6.42 Å². The van der Waals surface area contributed by atoms with E-state index in [2.05, 4.69) is 9.97 Å². The van der Waals surface area contributed by atoms with Gasteiger partial charge in [-0.1, -0.05) is 6.92 Å².